The van der Waals surface area contributed by atoms with Crippen LogP contribution in [0.5, 0.6) is 0 Å². The lowest BCUT2D eigenvalue weighted by Crippen LogP contribution is -2.53. The first-order valence-corrected chi connectivity index (χ1v) is 12.1. The van der Waals surface area contributed by atoms with Gasteiger partial charge in [0.25, 0.3) is 0 Å². The number of hydrogen-bond acceptors (Lipinski definition) is 6. The van der Waals surface area contributed by atoms with Gasteiger partial charge in [-0.1, -0.05) is 30.3 Å². The van der Waals surface area contributed by atoms with Crippen LogP contribution in [0.2, 0.25) is 0 Å². The van der Waals surface area contributed by atoms with E-state index in [-0.39, 0.29) is 12.8 Å². The molecule has 0 spiro atoms. The maximum atomic E-state index is 13.7. The van der Waals surface area contributed by atoms with Crippen LogP contribution in [0.25, 0.3) is 10.9 Å². The fourth-order valence-electron chi connectivity index (χ4n) is 4.06. The van der Waals surface area contributed by atoms with Crippen molar-refractivity contribution in [3.63, 3.8) is 0 Å². The van der Waals surface area contributed by atoms with E-state index in [1.807, 2.05) is 0 Å². The molecule has 38 heavy (non-hydrogen) atoms. The van der Waals surface area contributed by atoms with Crippen molar-refractivity contribution in [2.45, 2.75) is 58.2 Å². The molecule has 2 atom stereocenters. The number of esters is 1. The third-order valence-electron chi connectivity index (χ3n) is 5.63. The highest BCUT2D eigenvalue weighted by Gasteiger charge is 2.29. The molecule has 0 saturated heterocycles. The van der Waals surface area contributed by atoms with Gasteiger partial charge in [0.1, 0.15) is 23.5 Å². The Hall–Kier alpha value is -4.21. The van der Waals surface area contributed by atoms with E-state index in [0.29, 0.717) is 22.0 Å². The van der Waals surface area contributed by atoms with E-state index < -0.39 is 47.4 Å². The van der Waals surface area contributed by atoms with E-state index in [2.05, 4.69) is 10.6 Å². The monoisotopic (exact) mass is 525 g/mol. The van der Waals surface area contributed by atoms with Crippen molar-refractivity contribution in [3.05, 3.63) is 71.7 Å². The molecule has 0 saturated carbocycles. The number of halogens is 1. The first-order chi connectivity index (χ1) is 17.9. The molecule has 0 bridgehead atoms. The summed E-state index contributed by atoms with van der Waals surface area (Å²) in [5, 5.41) is 5.90. The Kier molecular flexibility index (Phi) is 8.88. The Bertz CT molecular complexity index is 1340. The molecule has 9 nitrogen and oxygen atoms in total. The molecular formula is C28H32FN3O6. The number of benzene rings is 2. The normalized spacial score (nSPS) is 12.9. The second-order valence-corrected chi connectivity index (χ2v) is 9.90. The topological polar surface area (TPSA) is 116 Å². The molecule has 2 aromatic carbocycles. The van der Waals surface area contributed by atoms with Crippen molar-refractivity contribution in [1.82, 2.24) is 15.2 Å². The average molecular weight is 526 g/mol. The van der Waals surface area contributed by atoms with Crippen LogP contribution >= 0.6 is 0 Å². The van der Waals surface area contributed by atoms with E-state index >= 15 is 0 Å². The van der Waals surface area contributed by atoms with Crippen LogP contribution in [0, 0.1) is 5.82 Å². The number of nitrogens with zero attached hydrogens (tertiary/aromatic N) is 1. The predicted molar refractivity (Wildman–Crippen MR) is 139 cm³/mol. The molecule has 1 aromatic heterocycles. The summed E-state index contributed by atoms with van der Waals surface area (Å²) >= 11 is 0. The molecule has 3 aromatic rings. The zero-order valence-corrected chi connectivity index (χ0v) is 22.0. The lowest BCUT2D eigenvalue weighted by molar-refractivity contribution is -0.145. The van der Waals surface area contributed by atoms with Gasteiger partial charge in [-0.2, -0.15) is 0 Å². The van der Waals surface area contributed by atoms with Gasteiger partial charge in [0.2, 0.25) is 11.8 Å². The number of fused-ring (bicyclic) bond motifs is 1. The summed E-state index contributed by atoms with van der Waals surface area (Å²) < 4.78 is 25.5. The number of carbonyl (C=O) groups excluding carboxylic acids is 4. The molecule has 0 unspecified atom stereocenters. The summed E-state index contributed by atoms with van der Waals surface area (Å²) in [6.45, 7) is 6.54. The second-order valence-electron chi connectivity index (χ2n) is 9.90. The van der Waals surface area contributed by atoms with Gasteiger partial charge < -0.3 is 20.1 Å². The highest BCUT2D eigenvalue weighted by molar-refractivity contribution is 5.94. The molecule has 10 heteroatoms. The van der Waals surface area contributed by atoms with Gasteiger partial charge in [0.15, 0.2) is 0 Å². The van der Waals surface area contributed by atoms with Crippen LogP contribution in [0.3, 0.4) is 0 Å². The van der Waals surface area contributed by atoms with Crippen LogP contribution in [-0.2, 0) is 36.7 Å². The first kappa shape index (κ1) is 28.4. The maximum Gasteiger partial charge on any atom is 0.419 e. The largest absolute Gasteiger partial charge is 0.467 e. The average Bonchev–Trinajstić information content (AvgIpc) is 3.20. The van der Waals surface area contributed by atoms with Crippen LogP contribution in [0.4, 0.5) is 9.18 Å². The smallest absolute Gasteiger partial charge is 0.419 e. The molecule has 0 radical (unpaired) electrons. The van der Waals surface area contributed by atoms with Gasteiger partial charge in [-0.15, -0.1) is 0 Å². The van der Waals surface area contributed by atoms with Crippen LogP contribution in [0.1, 0.15) is 38.8 Å². The molecule has 0 aliphatic heterocycles. The standard InChI is InChI=1S/C28H32FN3O6/c1-17(33)30-22(14-18-9-8-10-20(29)13-18)25(34)31-23(26(35)37-5)15-19-16-32(27(36)38-28(2,3)4)24-12-7-6-11-21(19)24/h6-13,16,22-23H,14-15H2,1-5H3,(H,30,33)(H,31,34)/t22-,23+/m1/s1. The summed E-state index contributed by atoms with van der Waals surface area (Å²) in [7, 11) is 1.20. The third kappa shape index (κ3) is 7.41. The lowest BCUT2D eigenvalue weighted by atomic mass is 10.0. The third-order valence-corrected chi connectivity index (χ3v) is 5.63. The molecule has 0 aliphatic carbocycles. The number of methoxy groups -OCH3 is 1. The van der Waals surface area contributed by atoms with Crippen molar-refractivity contribution in [2.75, 3.05) is 7.11 Å². The van der Waals surface area contributed by atoms with E-state index in [0.717, 1.165) is 0 Å². The number of aromatic nitrogens is 1. The Morgan fingerprint density at radius 1 is 0.974 bits per heavy atom. The number of rotatable bonds is 8. The highest BCUT2D eigenvalue weighted by atomic mass is 19.1. The van der Waals surface area contributed by atoms with Crippen molar-refractivity contribution in [1.29, 1.82) is 0 Å². The Balaban J connectivity index is 1.89. The van der Waals surface area contributed by atoms with Gasteiger partial charge in [-0.3, -0.25) is 14.2 Å². The summed E-state index contributed by atoms with van der Waals surface area (Å²) in [6.07, 6.45) is 0.995. The first-order valence-electron chi connectivity index (χ1n) is 12.1. The minimum atomic E-state index is -1.13. The maximum absolute atomic E-state index is 13.7. The molecule has 2 amide bonds. The Morgan fingerprint density at radius 2 is 1.68 bits per heavy atom. The SMILES string of the molecule is COC(=O)[C@H](Cc1cn(C(=O)OC(C)(C)C)c2ccccc12)NC(=O)[C@@H](Cc1cccc(F)c1)NC(C)=O. The lowest BCUT2D eigenvalue weighted by Gasteiger charge is -2.22. The van der Waals surface area contributed by atoms with Gasteiger partial charge in [0.05, 0.1) is 12.6 Å². The molecule has 1 heterocycles. The van der Waals surface area contributed by atoms with Crippen molar-refractivity contribution in [2.24, 2.45) is 0 Å². The number of nitrogens with one attached hydrogen (secondary N) is 2. The van der Waals surface area contributed by atoms with Crippen molar-refractivity contribution < 1.29 is 33.0 Å². The van der Waals surface area contributed by atoms with Crippen LogP contribution in [0.15, 0.2) is 54.7 Å². The zero-order chi connectivity index (χ0) is 28.0. The molecular weight excluding hydrogens is 493 g/mol. The second kappa shape index (κ2) is 11.9. The number of hydrogen-bond donors (Lipinski definition) is 2. The summed E-state index contributed by atoms with van der Waals surface area (Å²) in [4.78, 5) is 50.5. The molecule has 0 aliphatic rings. The zero-order valence-electron chi connectivity index (χ0n) is 22.0. The predicted octanol–water partition coefficient (Wildman–Crippen LogP) is 3.51. The Labute approximate surface area is 220 Å². The van der Waals surface area contributed by atoms with E-state index in [1.165, 1.54) is 36.8 Å². The summed E-state index contributed by atoms with van der Waals surface area (Å²) in [6, 6.07) is 10.6. The fourth-order valence-corrected chi connectivity index (χ4v) is 4.06. The van der Waals surface area contributed by atoms with E-state index in [4.69, 9.17) is 9.47 Å². The fraction of sp³-hybridized carbons (Fsp3) is 0.357. The van der Waals surface area contributed by atoms with Crippen LogP contribution in [-0.4, -0.2) is 53.2 Å². The molecule has 202 valence electrons. The Morgan fingerprint density at radius 3 is 2.32 bits per heavy atom. The number of amides is 2. The number of carbonyl (C=O) groups is 4. The van der Waals surface area contributed by atoms with E-state index in [9.17, 15) is 23.6 Å². The summed E-state index contributed by atoms with van der Waals surface area (Å²) in [5.74, 6) is -2.29. The molecule has 0 fully saturated rings. The van der Waals surface area contributed by atoms with Gasteiger partial charge in [-0.05, 0) is 50.1 Å². The number of para-hydroxylation sites is 1. The minimum Gasteiger partial charge on any atom is -0.467 e. The molecule has 2 N–H and O–H groups in total. The minimum absolute atomic E-state index is 0.00147. The summed E-state index contributed by atoms with van der Waals surface area (Å²) in [5.41, 5.74) is 0.956. The van der Waals surface area contributed by atoms with E-state index in [1.54, 1.807) is 57.3 Å². The van der Waals surface area contributed by atoms with Crippen LogP contribution < -0.4 is 10.6 Å². The molecule has 3 rings (SSSR count). The highest BCUT2D eigenvalue weighted by Crippen LogP contribution is 2.24. The van der Waals surface area contributed by atoms with Gasteiger partial charge in [-0.25, -0.2) is 14.0 Å². The van der Waals surface area contributed by atoms with Crippen molar-refractivity contribution in [3.8, 4) is 0 Å². The van der Waals surface area contributed by atoms with Crippen molar-refractivity contribution >= 4 is 34.8 Å². The van der Waals surface area contributed by atoms with Gasteiger partial charge >= 0.3 is 12.1 Å². The number of ether oxygens (including phenoxy) is 2. The quantitative estimate of drug-likeness (QED) is 0.435. The van der Waals surface area contributed by atoms with Gasteiger partial charge in [0, 0.05) is 31.3 Å².